The van der Waals surface area contributed by atoms with Crippen molar-refractivity contribution in [3.8, 4) is 0 Å². The largest absolute Gasteiger partial charge is 0.293 e. The van der Waals surface area contributed by atoms with Gasteiger partial charge in [0.05, 0.1) is 6.54 Å². The molecule has 3 N–H and O–H groups in total. The number of carbonyl (C=O) groups excluding carboxylic acids is 1. The van der Waals surface area contributed by atoms with Crippen LogP contribution in [0.25, 0.3) is 0 Å². The first-order valence-corrected chi connectivity index (χ1v) is 4.90. The first-order chi connectivity index (χ1) is 6.15. The number of hydrogen-bond donors (Lipinski definition) is 2. The normalized spacial score (nSPS) is 30.1. The zero-order chi connectivity index (χ0) is 9.84. The third-order valence-corrected chi connectivity index (χ3v) is 2.86. The summed E-state index contributed by atoms with van der Waals surface area (Å²) in [6, 6.07) is 1.00. The minimum absolute atomic E-state index is 0.0967. The molecule has 0 spiro atoms. The minimum Gasteiger partial charge on any atom is -0.293 e. The van der Waals surface area contributed by atoms with E-state index < -0.39 is 0 Å². The summed E-state index contributed by atoms with van der Waals surface area (Å²) in [4.78, 5) is 13.3. The van der Waals surface area contributed by atoms with Crippen LogP contribution in [0.3, 0.4) is 0 Å². The third-order valence-electron chi connectivity index (χ3n) is 2.86. The molecule has 4 heteroatoms. The number of amides is 1. The highest BCUT2D eigenvalue weighted by Gasteiger charge is 2.25. The van der Waals surface area contributed by atoms with E-state index in [9.17, 15) is 4.79 Å². The van der Waals surface area contributed by atoms with E-state index in [4.69, 9.17) is 5.84 Å². The summed E-state index contributed by atoms with van der Waals surface area (Å²) in [7, 11) is 0. The summed E-state index contributed by atoms with van der Waals surface area (Å²) < 4.78 is 0. The van der Waals surface area contributed by atoms with Crippen molar-refractivity contribution >= 4 is 5.91 Å². The van der Waals surface area contributed by atoms with Crippen LogP contribution in [0.4, 0.5) is 0 Å². The second-order valence-corrected chi connectivity index (χ2v) is 3.87. The Bertz CT molecular complexity index is 174. The number of carbonyl (C=O) groups is 1. The molecule has 1 heterocycles. The fraction of sp³-hybridized carbons (Fsp3) is 0.889. The maximum absolute atomic E-state index is 11.1. The lowest BCUT2D eigenvalue weighted by Crippen LogP contribution is -2.49. The molecule has 1 aliphatic rings. The van der Waals surface area contributed by atoms with Crippen molar-refractivity contribution in [1.29, 1.82) is 0 Å². The summed E-state index contributed by atoms with van der Waals surface area (Å²) in [5.41, 5.74) is 2.17. The van der Waals surface area contributed by atoms with Gasteiger partial charge in [0.15, 0.2) is 0 Å². The van der Waals surface area contributed by atoms with Gasteiger partial charge in [0, 0.05) is 12.1 Å². The monoisotopic (exact) mass is 185 g/mol. The zero-order valence-electron chi connectivity index (χ0n) is 8.42. The molecule has 1 rings (SSSR count). The quantitative estimate of drug-likeness (QED) is 0.368. The number of rotatable bonds is 2. The van der Waals surface area contributed by atoms with Gasteiger partial charge in [-0.1, -0.05) is 6.42 Å². The molecule has 0 radical (unpaired) electrons. The number of likely N-dealkylation sites (tertiary alicyclic amines) is 1. The predicted molar refractivity (Wildman–Crippen MR) is 51.8 cm³/mol. The van der Waals surface area contributed by atoms with E-state index in [0.717, 1.165) is 0 Å². The van der Waals surface area contributed by atoms with Crippen LogP contribution in [0, 0.1) is 0 Å². The number of nitrogens with one attached hydrogen (secondary N) is 1. The van der Waals surface area contributed by atoms with Crippen LogP contribution in [0.5, 0.6) is 0 Å². The Kier molecular flexibility index (Phi) is 3.69. The highest BCUT2D eigenvalue weighted by molar-refractivity contribution is 5.77. The Hall–Kier alpha value is -0.610. The molecule has 1 amide bonds. The van der Waals surface area contributed by atoms with Gasteiger partial charge in [-0.25, -0.2) is 5.84 Å². The predicted octanol–water partition coefficient (Wildman–Crippen LogP) is 0.239. The third kappa shape index (κ3) is 2.67. The molecular weight excluding hydrogens is 166 g/mol. The number of hydrazine groups is 1. The summed E-state index contributed by atoms with van der Waals surface area (Å²) in [5.74, 6) is 4.96. The number of piperidine rings is 1. The Labute approximate surface area is 79.4 Å². The Balaban J connectivity index is 2.48. The lowest BCUT2D eigenvalue weighted by Gasteiger charge is -2.38. The molecule has 4 nitrogen and oxygen atoms in total. The molecule has 0 unspecified atom stereocenters. The molecule has 2 atom stereocenters. The minimum atomic E-state index is -0.0967. The van der Waals surface area contributed by atoms with E-state index in [1.165, 1.54) is 19.3 Å². The van der Waals surface area contributed by atoms with Crippen molar-refractivity contribution in [2.75, 3.05) is 6.54 Å². The van der Waals surface area contributed by atoms with Gasteiger partial charge in [0.2, 0.25) is 5.91 Å². The van der Waals surface area contributed by atoms with E-state index in [-0.39, 0.29) is 5.91 Å². The van der Waals surface area contributed by atoms with Crippen LogP contribution in [0.15, 0.2) is 0 Å². The Morgan fingerprint density at radius 1 is 1.46 bits per heavy atom. The fourth-order valence-corrected chi connectivity index (χ4v) is 2.00. The van der Waals surface area contributed by atoms with E-state index in [1.54, 1.807) is 0 Å². The molecular formula is C9H19N3O. The van der Waals surface area contributed by atoms with Gasteiger partial charge in [0.25, 0.3) is 0 Å². The van der Waals surface area contributed by atoms with Crippen molar-refractivity contribution in [2.24, 2.45) is 5.84 Å². The van der Waals surface area contributed by atoms with Crippen molar-refractivity contribution < 1.29 is 4.79 Å². The lowest BCUT2D eigenvalue weighted by atomic mass is 9.98. The van der Waals surface area contributed by atoms with Crippen molar-refractivity contribution in [3.05, 3.63) is 0 Å². The van der Waals surface area contributed by atoms with Gasteiger partial charge in [-0.2, -0.15) is 0 Å². The second kappa shape index (κ2) is 4.58. The molecule has 0 saturated carbocycles. The standard InChI is InChI=1S/C9H19N3O/c1-7-4-3-5-8(2)12(7)6-9(13)11-10/h7-8H,3-6,10H2,1-2H3,(H,11,13)/t7-,8+. The summed E-state index contributed by atoms with van der Waals surface area (Å²) >= 11 is 0. The average Bonchev–Trinajstić information content (AvgIpc) is 2.11. The smallest absolute Gasteiger partial charge is 0.248 e. The summed E-state index contributed by atoms with van der Waals surface area (Å²) in [6.45, 7) is 4.76. The van der Waals surface area contributed by atoms with Crippen LogP contribution in [0.1, 0.15) is 33.1 Å². The topological polar surface area (TPSA) is 58.4 Å². The van der Waals surface area contributed by atoms with Gasteiger partial charge in [-0.05, 0) is 26.7 Å². The molecule has 0 aromatic carbocycles. The molecule has 0 bridgehead atoms. The SMILES string of the molecule is C[C@@H]1CCC[C@H](C)N1CC(=O)NN. The van der Waals surface area contributed by atoms with Gasteiger partial charge in [-0.15, -0.1) is 0 Å². The Morgan fingerprint density at radius 2 is 2.00 bits per heavy atom. The molecule has 1 aliphatic heterocycles. The van der Waals surface area contributed by atoms with Crippen molar-refractivity contribution in [1.82, 2.24) is 10.3 Å². The average molecular weight is 185 g/mol. The highest BCUT2D eigenvalue weighted by atomic mass is 16.2. The molecule has 0 aliphatic carbocycles. The summed E-state index contributed by atoms with van der Waals surface area (Å²) in [5, 5.41) is 0. The van der Waals surface area contributed by atoms with E-state index in [0.29, 0.717) is 18.6 Å². The number of nitrogens with zero attached hydrogens (tertiary/aromatic N) is 1. The maximum Gasteiger partial charge on any atom is 0.248 e. The second-order valence-electron chi connectivity index (χ2n) is 3.87. The van der Waals surface area contributed by atoms with Crippen molar-refractivity contribution in [3.63, 3.8) is 0 Å². The fourth-order valence-electron chi connectivity index (χ4n) is 2.00. The van der Waals surface area contributed by atoms with E-state index in [1.807, 2.05) is 0 Å². The van der Waals surface area contributed by atoms with E-state index in [2.05, 4.69) is 24.2 Å². The molecule has 1 saturated heterocycles. The number of hydrogen-bond acceptors (Lipinski definition) is 3. The van der Waals surface area contributed by atoms with Gasteiger partial charge >= 0.3 is 0 Å². The van der Waals surface area contributed by atoms with Crippen LogP contribution in [-0.4, -0.2) is 29.4 Å². The Morgan fingerprint density at radius 3 is 2.46 bits per heavy atom. The molecule has 1 fully saturated rings. The highest BCUT2D eigenvalue weighted by Crippen LogP contribution is 2.21. The zero-order valence-corrected chi connectivity index (χ0v) is 8.42. The van der Waals surface area contributed by atoms with Crippen molar-refractivity contribution in [2.45, 2.75) is 45.2 Å². The number of nitrogens with two attached hydrogens (primary N) is 1. The lowest BCUT2D eigenvalue weighted by molar-refractivity contribution is -0.123. The van der Waals surface area contributed by atoms with Crippen LogP contribution in [0.2, 0.25) is 0 Å². The van der Waals surface area contributed by atoms with Crippen LogP contribution >= 0.6 is 0 Å². The molecule has 0 aromatic heterocycles. The molecule has 0 aromatic rings. The maximum atomic E-state index is 11.1. The van der Waals surface area contributed by atoms with Gasteiger partial charge < -0.3 is 0 Å². The van der Waals surface area contributed by atoms with Crippen LogP contribution in [-0.2, 0) is 4.79 Å². The van der Waals surface area contributed by atoms with Crippen LogP contribution < -0.4 is 11.3 Å². The first kappa shape index (κ1) is 10.5. The van der Waals surface area contributed by atoms with Gasteiger partial charge in [-0.3, -0.25) is 15.1 Å². The molecule has 76 valence electrons. The van der Waals surface area contributed by atoms with Gasteiger partial charge in [0.1, 0.15) is 0 Å². The summed E-state index contributed by atoms with van der Waals surface area (Å²) in [6.07, 6.45) is 3.63. The van der Waals surface area contributed by atoms with E-state index >= 15 is 0 Å². The first-order valence-electron chi connectivity index (χ1n) is 4.90. The molecule has 13 heavy (non-hydrogen) atoms.